The summed E-state index contributed by atoms with van der Waals surface area (Å²) in [7, 11) is -6.66. The highest BCUT2D eigenvalue weighted by Gasteiger charge is 2.66. The number of rotatable bonds is 16. The van der Waals surface area contributed by atoms with Gasteiger partial charge in [0.15, 0.2) is 0 Å². The summed E-state index contributed by atoms with van der Waals surface area (Å²) < 4.78 is 41.6. The Hall–Kier alpha value is -0.336. The number of esters is 1. The standard InChI is InChI=1S/C16H36O8Si2/c1-8-19-25(20-9-2,21-10-3)16(14-18-15(7)17)26(22-11-4,23-12-5)24-13-6/h16H,8-14H2,1-7H3. The van der Waals surface area contributed by atoms with Crippen LogP contribution in [0.25, 0.3) is 0 Å². The van der Waals surface area contributed by atoms with E-state index in [0.717, 1.165) is 0 Å². The fourth-order valence-electron chi connectivity index (χ4n) is 2.68. The van der Waals surface area contributed by atoms with Crippen molar-refractivity contribution in [2.24, 2.45) is 0 Å². The van der Waals surface area contributed by atoms with E-state index < -0.39 is 28.7 Å². The first-order valence-electron chi connectivity index (χ1n) is 9.38. The molecule has 0 unspecified atom stereocenters. The van der Waals surface area contributed by atoms with Crippen molar-refractivity contribution in [2.45, 2.75) is 53.6 Å². The van der Waals surface area contributed by atoms with Crippen LogP contribution in [-0.2, 0) is 36.1 Å². The molecule has 26 heavy (non-hydrogen) atoms. The number of hydrogen-bond donors (Lipinski definition) is 0. The van der Waals surface area contributed by atoms with Gasteiger partial charge >= 0.3 is 23.6 Å². The lowest BCUT2D eigenvalue weighted by atomic mass is 10.7. The average Bonchev–Trinajstić information content (AvgIpc) is 2.56. The van der Waals surface area contributed by atoms with E-state index in [1.807, 2.05) is 41.5 Å². The largest absolute Gasteiger partial charge is 0.512 e. The van der Waals surface area contributed by atoms with Gasteiger partial charge in [-0.3, -0.25) is 4.79 Å². The second-order valence-electron chi connectivity index (χ2n) is 5.16. The van der Waals surface area contributed by atoms with E-state index in [1.54, 1.807) is 0 Å². The smallest absolute Gasteiger partial charge is 0.466 e. The SMILES string of the molecule is CCO[Si](OCC)(OCC)C(COC(C)=O)[Si](OCC)(OCC)OCC. The molecule has 0 aliphatic heterocycles. The van der Waals surface area contributed by atoms with Gasteiger partial charge in [-0.1, -0.05) is 0 Å². The molecule has 0 rings (SSSR count). The van der Waals surface area contributed by atoms with Crippen LogP contribution in [0.15, 0.2) is 0 Å². The molecule has 8 nitrogen and oxygen atoms in total. The minimum absolute atomic E-state index is 0.00617. The molecule has 0 aromatic heterocycles. The molecular formula is C16H36O8Si2. The first-order valence-corrected chi connectivity index (χ1v) is 13.0. The Labute approximate surface area is 160 Å². The van der Waals surface area contributed by atoms with Crippen molar-refractivity contribution in [3.63, 3.8) is 0 Å². The van der Waals surface area contributed by atoms with Crippen molar-refractivity contribution in [3.05, 3.63) is 0 Å². The van der Waals surface area contributed by atoms with Gasteiger partial charge in [0.05, 0.1) is 0 Å². The van der Waals surface area contributed by atoms with E-state index in [2.05, 4.69) is 0 Å². The second kappa shape index (κ2) is 13.8. The highest BCUT2D eigenvalue weighted by molar-refractivity contribution is 6.82. The Morgan fingerprint density at radius 1 is 0.654 bits per heavy atom. The van der Waals surface area contributed by atoms with Crippen LogP contribution in [0.3, 0.4) is 0 Å². The van der Waals surface area contributed by atoms with E-state index >= 15 is 0 Å². The molecule has 0 aliphatic carbocycles. The molecule has 0 fully saturated rings. The number of hydrogen-bond acceptors (Lipinski definition) is 8. The Bertz CT molecular complexity index is 323. The third-order valence-electron chi connectivity index (χ3n) is 3.38. The van der Waals surface area contributed by atoms with Crippen LogP contribution in [0, 0.1) is 0 Å². The lowest BCUT2D eigenvalue weighted by Crippen LogP contribution is -2.65. The van der Waals surface area contributed by atoms with Crippen molar-refractivity contribution in [1.29, 1.82) is 0 Å². The lowest BCUT2D eigenvalue weighted by Gasteiger charge is -2.42. The highest BCUT2D eigenvalue weighted by atomic mass is 28.5. The molecule has 0 atom stereocenters. The van der Waals surface area contributed by atoms with E-state index in [4.69, 9.17) is 31.3 Å². The van der Waals surface area contributed by atoms with Gasteiger partial charge < -0.3 is 31.3 Å². The zero-order chi connectivity index (χ0) is 20.1. The Kier molecular flexibility index (Phi) is 13.6. The maximum atomic E-state index is 11.5. The molecule has 0 heterocycles. The summed E-state index contributed by atoms with van der Waals surface area (Å²) >= 11 is 0. The molecule has 0 aromatic carbocycles. The van der Waals surface area contributed by atoms with Crippen molar-refractivity contribution >= 4 is 23.6 Å². The minimum Gasteiger partial charge on any atom is -0.466 e. The van der Waals surface area contributed by atoms with E-state index in [0.29, 0.717) is 39.6 Å². The van der Waals surface area contributed by atoms with Crippen LogP contribution in [0.4, 0.5) is 0 Å². The van der Waals surface area contributed by atoms with Crippen molar-refractivity contribution < 1.29 is 36.1 Å². The van der Waals surface area contributed by atoms with Crippen molar-refractivity contribution in [2.75, 3.05) is 46.2 Å². The fourth-order valence-corrected chi connectivity index (χ4v) is 10.6. The summed E-state index contributed by atoms with van der Waals surface area (Å²) in [5, 5.41) is -0.571. The number of carbonyl (C=O) groups is 1. The van der Waals surface area contributed by atoms with Gasteiger partial charge in [-0.2, -0.15) is 0 Å². The topological polar surface area (TPSA) is 81.7 Å². The predicted octanol–water partition coefficient (Wildman–Crippen LogP) is 2.56. The van der Waals surface area contributed by atoms with Gasteiger partial charge in [-0.25, -0.2) is 0 Å². The molecule has 0 aromatic rings. The summed E-state index contributed by atoms with van der Waals surface area (Å²) in [4.78, 5) is 11.5. The molecule has 10 heteroatoms. The quantitative estimate of drug-likeness (QED) is 0.283. The molecular weight excluding hydrogens is 376 g/mol. The van der Waals surface area contributed by atoms with Gasteiger partial charge in [0.1, 0.15) is 11.8 Å². The highest BCUT2D eigenvalue weighted by Crippen LogP contribution is 2.37. The molecule has 0 aliphatic rings. The minimum atomic E-state index is -3.33. The van der Waals surface area contributed by atoms with E-state index in [1.165, 1.54) is 6.92 Å². The molecule has 0 spiro atoms. The zero-order valence-electron chi connectivity index (χ0n) is 17.3. The van der Waals surface area contributed by atoms with Gasteiger partial charge in [0.25, 0.3) is 0 Å². The molecule has 0 radical (unpaired) electrons. The predicted molar refractivity (Wildman–Crippen MR) is 102 cm³/mol. The van der Waals surface area contributed by atoms with Gasteiger partial charge in [-0.15, -0.1) is 0 Å². The zero-order valence-corrected chi connectivity index (χ0v) is 19.3. The summed E-state index contributed by atoms with van der Waals surface area (Å²) in [6, 6.07) is 0. The lowest BCUT2D eigenvalue weighted by molar-refractivity contribution is -0.141. The van der Waals surface area contributed by atoms with Crippen LogP contribution in [0.2, 0.25) is 5.16 Å². The first-order chi connectivity index (χ1) is 12.4. The number of ether oxygens (including phenoxy) is 1. The van der Waals surface area contributed by atoms with Crippen LogP contribution < -0.4 is 0 Å². The third-order valence-corrected chi connectivity index (χ3v) is 11.7. The van der Waals surface area contributed by atoms with Gasteiger partial charge in [0.2, 0.25) is 0 Å². The second-order valence-corrected chi connectivity index (χ2v) is 11.3. The third kappa shape index (κ3) is 7.35. The Morgan fingerprint density at radius 3 is 1.12 bits per heavy atom. The monoisotopic (exact) mass is 412 g/mol. The summed E-state index contributed by atoms with van der Waals surface area (Å²) in [5.41, 5.74) is 0. The van der Waals surface area contributed by atoms with Gasteiger partial charge in [0, 0.05) is 46.6 Å². The summed E-state index contributed by atoms with van der Waals surface area (Å²) in [6.07, 6.45) is 0. The van der Waals surface area contributed by atoms with Gasteiger partial charge in [-0.05, 0) is 41.5 Å². The Balaban J connectivity index is 6.23. The van der Waals surface area contributed by atoms with Crippen molar-refractivity contribution in [3.8, 4) is 0 Å². The fraction of sp³-hybridized carbons (Fsp3) is 0.938. The van der Waals surface area contributed by atoms with Crippen LogP contribution in [-0.4, -0.2) is 69.8 Å². The van der Waals surface area contributed by atoms with E-state index in [9.17, 15) is 4.79 Å². The molecule has 0 amide bonds. The van der Waals surface area contributed by atoms with Crippen LogP contribution in [0.5, 0.6) is 0 Å². The molecule has 0 bridgehead atoms. The average molecular weight is 413 g/mol. The van der Waals surface area contributed by atoms with Crippen LogP contribution >= 0.6 is 0 Å². The summed E-state index contributed by atoms with van der Waals surface area (Å²) in [5.74, 6) is -0.408. The van der Waals surface area contributed by atoms with E-state index in [-0.39, 0.29) is 6.61 Å². The Morgan fingerprint density at radius 2 is 0.923 bits per heavy atom. The molecule has 0 saturated heterocycles. The summed E-state index contributed by atoms with van der Waals surface area (Å²) in [6.45, 7) is 14.9. The molecule has 156 valence electrons. The normalized spacial score (nSPS) is 12.6. The maximum absolute atomic E-state index is 11.5. The van der Waals surface area contributed by atoms with Crippen LogP contribution in [0.1, 0.15) is 48.5 Å². The number of carbonyl (C=O) groups excluding carboxylic acids is 1. The molecule has 0 N–H and O–H groups in total. The molecule has 0 saturated carbocycles. The van der Waals surface area contributed by atoms with Crippen molar-refractivity contribution in [1.82, 2.24) is 0 Å². The first kappa shape index (κ1) is 25.7. The maximum Gasteiger partial charge on any atom is 0.512 e.